The number of hydrogen-bond donors (Lipinski definition) is 1. The van der Waals surface area contributed by atoms with Gasteiger partial charge in [-0.1, -0.05) is 37.1 Å². The number of hydrogen-bond acceptors (Lipinski definition) is 4. The van der Waals surface area contributed by atoms with Crippen molar-refractivity contribution in [3.05, 3.63) is 35.4 Å². The Balaban J connectivity index is 1.43. The molecule has 1 aliphatic carbocycles. The van der Waals surface area contributed by atoms with E-state index in [-0.39, 0.29) is 23.0 Å². The molecule has 0 radical (unpaired) electrons. The maximum Gasteiger partial charge on any atom is 0.235 e. The fourth-order valence-electron chi connectivity index (χ4n) is 4.08. The van der Waals surface area contributed by atoms with E-state index in [0.29, 0.717) is 12.8 Å². The smallest absolute Gasteiger partial charge is 0.235 e. The first kappa shape index (κ1) is 19.4. The third-order valence-electron chi connectivity index (χ3n) is 5.75. The van der Waals surface area contributed by atoms with Crippen molar-refractivity contribution in [2.75, 3.05) is 18.8 Å². The molecule has 26 heavy (non-hydrogen) atoms. The van der Waals surface area contributed by atoms with Gasteiger partial charge in [0.25, 0.3) is 0 Å². The third kappa shape index (κ3) is 5.07. The van der Waals surface area contributed by atoms with Gasteiger partial charge in [0.2, 0.25) is 5.91 Å². The standard InChI is InChI=1S/C20H30N2O3S/c1-16-6-2-3-7-17(16)14-22-12-10-18(11-13-22)21-20(23)15-26(24,25)19-8-4-5-9-19/h2-3,6-7,18-19H,4-5,8-15H2,1H3,(H,21,23). The first-order valence-corrected chi connectivity index (χ1v) is 11.4. The molecule has 3 rings (SSSR count). The predicted molar refractivity (Wildman–Crippen MR) is 104 cm³/mol. The molecule has 6 heteroatoms. The van der Waals surface area contributed by atoms with Gasteiger partial charge in [0.15, 0.2) is 9.84 Å². The van der Waals surface area contributed by atoms with Crippen LogP contribution in [0.1, 0.15) is 49.7 Å². The molecule has 2 fully saturated rings. The first-order valence-electron chi connectivity index (χ1n) is 9.72. The van der Waals surface area contributed by atoms with Crippen LogP contribution in [0.4, 0.5) is 0 Å². The summed E-state index contributed by atoms with van der Waals surface area (Å²) < 4.78 is 24.6. The summed E-state index contributed by atoms with van der Waals surface area (Å²) in [5, 5.41) is 2.65. The normalized spacial score (nSPS) is 20.3. The summed E-state index contributed by atoms with van der Waals surface area (Å²) >= 11 is 0. The maximum absolute atomic E-state index is 12.3. The lowest BCUT2D eigenvalue weighted by molar-refractivity contribution is -0.119. The van der Waals surface area contributed by atoms with E-state index in [0.717, 1.165) is 45.3 Å². The second-order valence-electron chi connectivity index (χ2n) is 7.76. The van der Waals surface area contributed by atoms with Crippen molar-refractivity contribution in [3.63, 3.8) is 0 Å². The van der Waals surface area contributed by atoms with Crippen LogP contribution in [0.5, 0.6) is 0 Å². The van der Waals surface area contributed by atoms with Crippen LogP contribution in [0.3, 0.4) is 0 Å². The molecule has 2 aliphatic rings. The Hall–Kier alpha value is -1.40. The molecule has 0 aromatic heterocycles. The van der Waals surface area contributed by atoms with Crippen LogP contribution in [-0.2, 0) is 21.2 Å². The average Bonchev–Trinajstić information content (AvgIpc) is 3.14. The van der Waals surface area contributed by atoms with Gasteiger partial charge in [-0.3, -0.25) is 9.69 Å². The van der Waals surface area contributed by atoms with Crippen LogP contribution in [-0.4, -0.2) is 49.4 Å². The van der Waals surface area contributed by atoms with Crippen molar-refractivity contribution in [1.82, 2.24) is 10.2 Å². The number of carbonyl (C=O) groups is 1. The summed E-state index contributed by atoms with van der Waals surface area (Å²) in [5.74, 6) is -0.671. The Morgan fingerprint density at radius 3 is 2.42 bits per heavy atom. The van der Waals surface area contributed by atoms with E-state index in [1.807, 2.05) is 0 Å². The van der Waals surface area contributed by atoms with Crippen LogP contribution in [0, 0.1) is 6.92 Å². The maximum atomic E-state index is 12.3. The van der Waals surface area contributed by atoms with Gasteiger partial charge in [0.1, 0.15) is 5.75 Å². The molecular weight excluding hydrogens is 348 g/mol. The van der Waals surface area contributed by atoms with Gasteiger partial charge in [0.05, 0.1) is 5.25 Å². The predicted octanol–water partition coefficient (Wildman–Crippen LogP) is 2.43. The highest BCUT2D eigenvalue weighted by Gasteiger charge is 2.31. The lowest BCUT2D eigenvalue weighted by Gasteiger charge is -2.32. The summed E-state index contributed by atoms with van der Waals surface area (Å²) in [6.45, 7) is 4.92. The van der Waals surface area contributed by atoms with E-state index in [1.165, 1.54) is 11.1 Å². The van der Waals surface area contributed by atoms with Crippen LogP contribution in [0.25, 0.3) is 0 Å². The molecule has 144 valence electrons. The van der Waals surface area contributed by atoms with Crippen molar-refractivity contribution in [2.45, 2.75) is 63.3 Å². The van der Waals surface area contributed by atoms with Crippen LogP contribution in [0.2, 0.25) is 0 Å². The zero-order valence-electron chi connectivity index (χ0n) is 15.6. The number of amides is 1. The van der Waals surface area contributed by atoms with Crippen molar-refractivity contribution in [1.29, 1.82) is 0 Å². The minimum Gasteiger partial charge on any atom is -0.352 e. The van der Waals surface area contributed by atoms with E-state index >= 15 is 0 Å². The van der Waals surface area contributed by atoms with Gasteiger partial charge >= 0.3 is 0 Å². The molecule has 0 unspecified atom stereocenters. The second kappa shape index (κ2) is 8.53. The molecule has 1 aromatic rings. The van der Waals surface area contributed by atoms with Crippen LogP contribution >= 0.6 is 0 Å². The molecular formula is C20H30N2O3S. The molecule has 0 atom stereocenters. The summed E-state index contributed by atoms with van der Waals surface area (Å²) in [4.78, 5) is 14.6. The van der Waals surface area contributed by atoms with Gasteiger partial charge in [-0.2, -0.15) is 0 Å². The molecule has 1 N–H and O–H groups in total. The number of sulfone groups is 1. The Morgan fingerprint density at radius 2 is 1.77 bits per heavy atom. The van der Waals surface area contributed by atoms with Crippen molar-refractivity contribution >= 4 is 15.7 Å². The fourth-order valence-corrected chi connectivity index (χ4v) is 5.82. The second-order valence-corrected chi connectivity index (χ2v) is 10.0. The van der Waals surface area contributed by atoms with Gasteiger partial charge in [-0.25, -0.2) is 8.42 Å². The number of rotatable bonds is 6. The SMILES string of the molecule is Cc1ccccc1CN1CCC(NC(=O)CS(=O)(=O)C2CCCC2)CC1. The number of benzene rings is 1. The summed E-state index contributed by atoms with van der Waals surface area (Å²) in [7, 11) is -3.29. The number of carbonyl (C=O) groups excluding carboxylic acids is 1. The van der Waals surface area contributed by atoms with E-state index in [4.69, 9.17) is 0 Å². The molecule has 1 amide bonds. The average molecular weight is 379 g/mol. The molecule has 5 nitrogen and oxygen atoms in total. The zero-order valence-corrected chi connectivity index (χ0v) is 16.4. The lowest BCUT2D eigenvalue weighted by atomic mass is 10.0. The van der Waals surface area contributed by atoms with E-state index < -0.39 is 9.84 Å². The van der Waals surface area contributed by atoms with E-state index in [1.54, 1.807) is 0 Å². The van der Waals surface area contributed by atoms with Gasteiger partial charge in [-0.05, 0) is 43.7 Å². The van der Waals surface area contributed by atoms with Gasteiger partial charge in [-0.15, -0.1) is 0 Å². The summed E-state index contributed by atoms with van der Waals surface area (Å²) in [6, 6.07) is 8.51. The van der Waals surface area contributed by atoms with Gasteiger partial charge < -0.3 is 5.32 Å². The number of likely N-dealkylation sites (tertiary alicyclic amines) is 1. The largest absolute Gasteiger partial charge is 0.352 e. The Bertz CT molecular complexity index is 718. The minimum absolute atomic E-state index is 0.0920. The Morgan fingerprint density at radius 1 is 1.12 bits per heavy atom. The molecule has 1 saturated heterocycles. The summed E-state index contributed by atoms with van der Waals surface area (Å²) in [5.41, 5.74) is 2.65. The van der Waals surface area contributed by atoms with E-state index in [9.17, 15) is 13.2 Å². The number of piperidine rings is 1. The van der Waals surface area contributed by atoms with Crippen LogP contribution < -0.4 is 5.32 Å². The lowest BCUT2D eigenvalue weighted by Crippen LogP contribution is -2.46. The van der Waals surface area contributed by atoms with Crippen molar-refractivity contribution < 1.29 is 13.2 Å². The minimum atomic E-state index is -3.29. The quantitative estimate of drug-likeness (QED) is 0.826. The van der Waals surface area contributed by atoms with Crippen molar-refractivity contribution in [3.8, 4) is 0 Å². The van der Waals surface area contributed by atoms with Crippen molar-refractivity contribution in [2.24, 2.45) is 0 Å². The topological polar surface area (TPSA) is 66.5 Å². The van der Waals surface area contributed by atoms with Gasteiger partial charge in [0, 0.05) is 25.7 Å². The number of nitrogens with zero attached hydrogens (tertiary/aromatic N) is 1. The third-order valence-corrected chi connectivity index (χ3v) is 7.90. The Labute approximate surface area is 157 Å². The highest BCUT2D eigenvalue weighted by atomic mass is 32.2. The molecule has 0 spiro atoms. The fraction of sp³-hybridized carbons (Fsp3) is 0.650. The zero-order chi connectivity index (χ0) is 18.6. The van der Waals surface area contributed by atoms with E-state index in [2.05, 4.69) is 41.4 Å². The summed E-state index contributed by atoms with van der Waals surface area (Å²) in [6.07, 6.45) is 5.11. The monoisotopic (exact) mass is 378 g/mol. The number of nitrogens with one attached hydrogen (secondary N) is 1. The molecule has 1 saturated carbocycles. The molecule has 1 aromatic carbocycles. The molecule has 1 aliphatic heterocycles. The highest BCUT2D eigenvalue weighted by Crippen LogP contribution is 2.25. The van der Waals surface area contributed by atoms with Crippen LogP contribution in [0.15, 0.2) is 24.3 Å². The Kier molecular flexibility index (Phi) is 6.35. The molecule has 1 heterocycles. The highest BCUT2D eigenvalue weighted by molar-refractivity contribution is 7.92. The molecule has 0 bridgehead atoms. The number of aryl methyl sites for hydroxylation is 1. The first-order chi connectivity index (χ1) is 12.4.